The number of nitrogens with zero attached hydrogens (tertiary/aromatic N) is 2. The van der Waals surface area contributed by atoms with Gasteiger partial charge in [-0.05, 0) is 24.3 Å². The van der Waals surface area contributed by atoms with E-state index < -0.39 is 0 Å². The Morgan fingerprint density at radius 3 is 2.57 bits per heavy atom. The SMILES string of the molecule is O=C(C1CCN(c2cccc3ccccc23)CC1)N1CCSC1. The molecule has 0 bridgehead atoms. The maximum absolute atomic E-state index is 12.5. The Hall–Kier alpha value is -1.68. The van der Waals surface area contributed by atoms with Crippen LogP contribution in [0, 0.1) is 5.92 Å². The highest BCUT2D eigenvalue weighted by molar-refractivity contribution is 7.99. The van der Waals surface area contributed by atoms with Crippen LogP contribution in [-0.2, 0) is 4.79 Å². The van der Waals surface area contributed by atoms with Crippen LogP contribution in [0.2, 0.25) is 0 Å². The molecule has 2 heterocycles. The number of anilines is 1. The van der Waals surface area contributed by atoms with Crippen LogP contribution in [-0.4, -0.2) is 42.1 Å². The molecule has 23 heavy (non-hydrogen) atoms. The van der Waals surface area contributed by atoms with E-state index in [1.165, 1.54) is 16.5 Å². The smallest absolute Gasteiger partial charge is 0.226 e. The van der Waals surface area contributed by atoms with E-state index in [-0.39, 0.29) is 5.92 Å². The molecule has 2 saturated heterocycles. The second kappa shape index (κ2) is 6.44. The zero-order valence-electron chi connectivity index (χ0n) is 13.3. The average Bonchev–Trinajstić information content (AvgIpc) is 3.15. The highest BCUT2D eigenvalue weighted by atomic mass is 32.2. The number of piperidine rings is 1. The Kier molecular flexibility index (Phi) is 4.17. The molecule has 0 aliphatic carbocycles. The molecule has 0 atom stereocenters. The van der Waals surface area contributed by atoms with Crippen molar-refractivity contribution in [3.8, 4) is 0 Å². The summed E-state index contributed by atoms with van der Waals surface area (Å²) in [5, 5.41) is 2.60. The summed E-state index contributed by atoms with van der Waals surface area (Å²) in [7, 11) is 0. The number of carbonyl (C=O) groups excluding carboxylic acids is 1. The van der Waals surface area contributed by atoms with Crippen LogP contribution in [0.15, 0.2) is 42.5 Å². The molecule has 2 fully saturated rings. The van der Waals surface area contributed by atoms with Gasteiger partial charge in [-0.15, -0.1) is 11.8 Å². The Labute approximate surface area is 141 Å². The molecule has 0 N–H and O–H groups in total. The lowest BCUT2D eigenvalue weighted by Crippen LogP contribution is -2.41. The van der Waals surface area contributed by atoms with Gasteiger partial charge in [-0.1, -0.05) is 36.4 Å². The third-order valence-electron chi connectivity index (χ3n) is 5.02. The van der Waals surface area contributed by atoms with Crippen molar-refractivity contribution in [3.63, 3.8) is 0 Å². The van der Waals surface area contributed by atoms with E-state index in [4.69, 9.17) is 0 Å². The Morgan fingerprint density at radius 2 is 1.78 bits per heavy atom. The van der Waals surface area contributed by atoms with Gasteiger partial charge in [0.2, 0.25) is 5.91 Å². The number of benzene rings is 2. The first kappa shape index (κ1) is 14.9. The summed E-state index contributed by atoms with van der Waals surface area (Å²) in [6.45, 7) is 2.89. The fraction of sp³-hybridized carbons (Fsp3) is 0.421. The van der Waals surface area contributed by atoms with E-state index in [0.717, 1.165) is 44.1 Å². The van der Waals surface area contributed by atoms with E-state index in [9.17, 15) is 4.79 Å². The Morgan fingerprint density at radius 1 is 1.00 bits per heavy atom. The normalized spacial score (nSPS) is 19.5. The van der Waals surface area contributed by atoms with E-state index in [2.05, 4.69) is 47.4 Å². The first-order valence-electron chi connectivity index (χ1n) is 8.42. The highest BCUT2D eigenvalue weighted by Crippen LogP contribution is 2.31. The molecule has 1 amide bonds. The predicted molar refractivity (Wildman–Crippen MR) is 97.9 cm³/mol. The second-order valence-electron chi connectivity index (χ2n) is 6.40. The molecule has 2 aromatic carbocycles. The molecule has 0 radical (unpaired) electrons. The Bertz CT molecular complexity index is 698. The summed E-state index contributed by atoms with van der Waals surface area (Å²) in [6, 6.07) is 15.1. The maximum atomic E-state index is 12.5. The topological polar surface area (TPSA) is 23.6 Å². The molecule has 2 aliphatic rings. The summed E-state index contributed by atoms with van der Waals surface area (Å²) in [4.78, 5) is 17.0. The van der Waals surface area contributed by atoms with Crippen molar-refractivity contribution in [2.75, 3.05) is 36.2 Å². The van der Waals surface area contributed by atoms with Gasteiger partial charge < -0.3 is 9.80 Å². The zero-order chi connectivity index (χ0) is 15.6. The molecule has 0 aromatic heterocycles. The van der Waals surface area contributed by atoms with Gasteiger partial charge in [0.15, 0.2) is 0 Å². The monoisotopic (exact) mass is 326 g/mol. The molecule has 2 aromatic rings. The molecule has 3 nitrogen and oxygen atoms in total. The molecule has 0 spiro atoms. The van der Waals surface area contributed by atoms with Gasteiger partial charge >= 0.3 is 0 Å². The van der Waals surface area contributed by atoms with Crippen LogP contribution in [0.5, 0.6) is 0 Å². The van der Waals surface area contributed by atoms with E-state index in [1.54, 1.807) is 0 Å². The standard InChI is InChI=1S/C19H22N2OS/c22-19(21-12-13-23-14-21)16-8-10-20(11-9-16)18-7-3-5-15-4-1-2-6-17(15)18/h1-7,16H,8-14H2. The number of carbonyl (C=O) groups is 1. The number of hydrogen-bond donors (Lipinski definition) is 0. The van der Waals surface area contributed by atoms with Crippen molar-refractivity contribution in [3.05, 3.63) is 42.5 Å². The summed E-state index contributed by atoms with van der Waals surface area (Å²) in [6.07, 6.45) is 1.95. The van der Waals surface area contributed by atoms with E-state index in [0.29, 0.717) is 5.91 Å². The van der Waals surface area contributed by atoms with Crippen LogP contribution in [0.4, 0.5) is 5.69 Å². The quantitative estimate of drug-likeness (QED) is 0.842. The first-order chi connectivity index (χ1) is 11.3. The van der Waals surface area contributed by atoms with Crippen LogP contribution in [0.3, 0.4) is 0 Å². The van der Waals surface area contributed by atoms with Crippen molar-refractivity contribution >= 4 is 34.1 Å². The molecule has 0 unspecified atom stereocenters. The lowest BCUT2D eigenvalue weighted by Gasteiger charge is -2.35. The lowest BCUT2D eigenvalue weighted by molar-refractivity contribution is -0.134. The number of amides is 1. The van der Waals surface area contributed by atoms with Gasteiger partial charge in [-0.2, -0.15) is 0 Å². The number of thioether (sulfide) groups is 1. The Balaban J connectivity index is 1.47. The predicted octanol–water partition coefficient (Wildman–Crippen LogP) is 3.59. The third kappa shape index (κ3) is 2.92. The number of hydrogen-bond acceptors (Lipinski definition) is 3. The minimum atomic E-state index is 0.222. The highest BCUT2D eigenvalue weighted by Gasteiger charge is 2.30. The summed E-state index contributed by atoms with van der Waals surface area (Å²) in [5.74, 6) is 2.59. The fourth-order valence-electron chi connectivity index (χ4n) is 3.70. The molecule has 120 valence electrons. The average molecular weight is 326 g/mol. The van der Waals surface area contributed by atoms with Crippen molar-refractivity contribution in [2.24, 2.45) is 5.92 Å². The van der Waals surface area contributed by atoms with E-state index >= 15 is 0 Å². The summed E-state index contributed by atoms with van der Waals surface area (Å²) >= 11 is 1.87. The minimum Gasteiger partial charge on any atom is -0.371 e. The third-order valence-corrected chi connectivity index (χ3v) is 5.98. The van der Waals surface area contributed by atoms with Gasteiger partial charge in [-0.3, -0.25) is 4.79 Å². The maximum Gasteiger partial charge on any atom is 0.226 e. The molecular weight excluding hydrogens is 304 g/mol. The second-order valence-corrected chi connectivity index (χ2v) is 7.47. The molecular formula is C19H22N2OS. The number of fused-ring (bicyclic) bond motifs is 1. The van der Waals surface area contributed by atoms with E-state index in [1.807, 2.05) is 16.7 Å². The van der Waals surface area contributed by atoms with Crippen LogP contribution >= 0.6 is 11.8 Å². The fourth-order valence-corrected chi connectivity index (χ4v) is 4.65. The molecule has 2 aliphatic heterocycles. The van der Waals surface area contributed by atoms with Crippen molar-refractivity contribution < 1.29 is 4.79 Å². The minimum absolute atomic E-state index is 0.222. The van der Waals surface area contributed by atoms with Crippen LogP contribution < -0.4 is 4.90 Å². The molecule has 4 heteroatoms. The van der Waals surface area contributed by atoms with Gasteiger partial charge in [0.1, 0.15) is 0 Å². The zero-order valence-corrected chi connectivity index (χ0v) is 14.1. The van der Waals surface area contributed by atoms with Gasteiger partial charge in [0.05, 0.1) is 5.88 Å². The largest absolute Gasteiger partial charge is 0.371 e. The van der Waals surface area contributed by atoms with Crippen LogP contribution in [0.25, 0.3) is 10.8 Å². The van der Waals surface area contributed by atoms with Crippen LogP contribution in [0.1, 0.15) is 12.8 Å². The first-order valence-corrected chi connectivity index (χ1v) is 9.57. The summed E-state index contributed by atoms with van der Waals surface area (Å²) in [5.41, 5.74) is 1.31. The molecule has 4 rings (SSSR count). The van der Waals surface area contributed by atoms with Gasteiger partial charge in [0.25, 0.3) is 0 Å². The van der Waals surface area contributed by atoms with Gasteiger partial charge in [-0.25, -0.2) is 0 Å². The molecule has 0 saturated carbocycles. The lowest BCUT2D eigenvalue weighted by atomic mass is 9.94. The van der Waals surface area contributed by atoms with Crippen molar-refractivity contribution in [1.82, 2.24) is 4.90 Å². The summed E-state index contributed by atoms with van der Waals surface area (Å²) < 4.78 is 0. The number of rotatable bonds is 2. The van der Waals surface area contributed by atoms with Gasteiger partial charge in [0, 0.05) is 42.4 Å². The van der Waals surface area contributed by atoms with Crippen molar-refractivity contribution in [1.29, 1.82) is 0 Å². The van der Waals surface area contributed by atoms with Crippen molar-refractivity contribution in [2.45, 2.75) is 12.8 Å².